The molecule has 0 radical (unpaired) electrons. The van der Waals surface area contributed by atoms with Gasteiger partial charge in [0.1, 0.15) is 11.8 Å². The van der Waals surface area contributed by atoms with E-state index in [9.17, 15) is 0 Å². The second-order valence-corrected chi connectivity index (χ2v) is 4.40. The molecule has 0 spiro atoms. The molecule has 6 heteroatoms. The number of rotatable bonds is 2. The first-order chi connectivity index (χ1) is 8.29. The van der Waals surface area contributed by atoms with E-state index in [2.05, 4.69) is 20.3 Å². The maximum Gasteiger partial charge on any atom is 0.151 e. The Kier molecular flexibility index (Phi) is 2.45. The van der Waals surface area contributed by atoms with Crippen LogP contribution in [0.4, 0.5) is 5.82 Å². The SMILES string of the molecule is Nc1ncnc2c([C@@H]3CC[C@H](CO)N3)c[nH]c12. The average molecular weight is 233 g/mol. The van der Waals surface area contributed by atoms with Crippen LogP contribution in [0.2, 0.25) is 0 Å². The van der Waals surface area contributed by atoms with Crippen molar-refractivity contribution in [3.8, 4) is 0 Å². The summed E-state index contributed by atoms with van der Waals surface area (Å²) in [5.41, 5.74) is 8.54. The fraction of sp³-hybridized carbons (Fsp3) is 0.455. The van der Waals surface area contributed by atoms with E-state index in [1.54, 1.807) is 0 Å². The molecule has 0 amide bonds. The summed E-state index contributed by atoms with van der Waals surface area (Å²) >= 11 is 0. The highest BCUT2D eigenvalue weighted by Gasteiger charge is 2.26. The molecule has 0 saturated carbocycles. The number of nitrogens with two attached hydrogens (primary N) is 1. The molecule has 1 fully saturated rings. The Hall–Kier alpha value is -1.66. The van der Waals surface area contributed by atoms with Gasteiger partial charge in [0.25, 0.3) is 0 Å². The number of aliphatic hydroxyl groups is 1. The molecule has 2 aromatic rings. The fourth-order valence-corrected chi connectivity index (χ4v) is 2.45. The lowest BCUT2D eigenvalue weighted by Gasteiger charge is -2.11. The van der Waals surface area contributed by atoms with Gasteiger partial charge in [0.05, 0.1) is 12.1 Å². The summed E-state index contributed by atoms with van der Waals surface area (Å²) in [6.07, 6.45) is 5.39. The second kappa shape index (κ2) is 3.97. The number of H-pyrrole nitrogens is 1. The summed E-state index contributed by atoms with van der Waals surface area (Å²) in [7, 11) is 0. The van der Waals surface area contributed by atoms with Crippen molar-refractivity contribution in [2.75, 3.05) is 12.3 Å². The first kappa shape index (κ1) is 10.5. The number of hydrogen-bond acceptors (Lipinski definition) is 5. The van der Waals surface area contributed by atoms with Crippen LogP contribution in [0.3, 0.4) is 0 Å². The Balaban J connectivity index is 1.99. The molecule has 2 aromatic heterocycles. The summed E-state index contributed by atoms with van der Waals surface area (Å²) < 4.78 is 0. The molecule has 17 heavy (non-hydrogen) atoms. The van der Waals surface area contributed by atoms with Crippen LogP contribution in [-0.2, 0) is 0 Å². The molecule has 90 valence electrons. The first-order valence-corrected chi connectivity index (χ1v) is 5.74. The minimum absolute atomic E-state index is 0.177. The molecule has 0 bridgehead atoms. The molecule has 6 nitrogen and oxygen atoms in total. The van der Waals surface area contributed by atoms with Gasteiger partial charge in [-0.15, -0.1) is 0 Å². The van der Waals surface area contributed by atoms with E-state index in [0.29, 0.717) is 5.82 Å². The molecule has 1 saturated heterocycles. The molecule has 0 unspecified atom stereocenters. The van der Waals surface area contributed by atoms with Crippen LogP contribution in [0.1, 0.15) is 24.4 Å². The van der Waals surface area contributed by atoms with Crippen molar-refractivity contribution < 1.29 is 5.11 Å². The number of anilines is 1. The van der Waals surface area contributed by atoms with Gasteiger partial charge in [0.15, 0.2) is 5.82 Å². The largest absolute Gasteiger partial charge is 0.395 e. The maximum absolute atomic E-state index is 9.12. The van der Waals surface area contributed by atoms with Gasteiger partial charge in [-0.2, -0.15) is 0 Å². The summed E-state index contributed by atoms with van der Waals surface area (Å²) in [6.45, 7) is 0.177. The van der Waals surface area contributed by atoms with Crippen molar-refractivity contribution in [1.29, 1.82) is 0 Å². The Morgan fingerprint density at radius 3 is 3.06 bits per heavy atom. The summed E-state index contributed by atoms with van der Waals surface area (Å²) in [4.78, 5) is 11.3. The standard InChI is InChI=1S/C11H15N5O/c12-11-10-9(14-5-15-11)7(3-13-10)8-2-1-6(4-17)16-8/h3,5-6,8,13,16-17H,1-2,4H2,(H2,12,14,15)/t6-,8+/m1/s1. The van der Waals surface area contributed by atoms with Gasteiger partial charge in [-0.05, 0) is 12.8 Å². The number of nitrogens with zero attached hydrogens (tertiary/aromatic N) is 2. The topological polar surface area (TPSA) is 99.8 Å². The van der Waals surface area contributed by atoms with E-state index in [1.165, 1.54) is 6.33 Å². The predicted octanol–water partition coefficient (Wildman–Crippen LogP) is 0.325. The minimum Gasteiger partial charge on any atom is -0.395 e. The summed E-state index contributed by atoms with van der Waals surface area (Å²) in [5, 5.41) is 12.5. The van der Waals surface area contributed by atoms with Gasteiger partial charge in [-0.3, -0.25) is 0 Å². The normalized spacial score (nSPS) is 24.5. The van der Waals surface area contributed by atoms with E-state index in [4.69, 9.17) is 10.8 Å². The number of nitrogens with one attached hydrogen (secondary N) is 2. The van der Waals surface area contributed by atoms with E-state index in [-0.39, 0.29) is 18.7 Å². The number of nitrogen functional groups attached to an aromatic ring is 1. The summed E-state index contributed by atoms with van der Waals surface area (Å²) in [5.74, 6) is 0.470. The fourth-order valence-electron chi connectivity index (χ4n) is 2.45. The number of aliphatic hydroxyl groups excluding tert-OH is 1. The van der Waals surface area contributed by atoms with Crippen molar-refractivity contribution >= 4 is 16.9 Å². The van der Waals surface area contributed by atoms with Crippen LogP contribution in [0.15, 0.2) is 12.5 Å². The lowest BCUT2D eigenvalue weighted by atomic mass is 10.1. The zero-order valence-corrected chi connectivity index (χ0v) is 9.35. The van der Waals surface area contributed by atoms with E-state index in [0.717, 1.165) is 29.4 Å². The molecular formula is C11H15N5O. The zero-order valence-electron chi connectivity index (χ0n) is 9.35. The molecule has 2 atom stereocenters. The Morgan fingerprint density at radius 2 is 2.29 bits per heavy atom. The Bertz CT molecular complexity index is 538. The molecule has 0 aliphatic carbocycles. The van der Waals surface area contributed by atoms with Crippen molar-refractivity contribution in [1.82, 2.24) is 20.3 Å². The van der Waals surface area contributed by atoms with Gasteiger partial charge < -0.3 is 21.1 Å². The summed E-state index contributed by atoms with van der Waals surface area (Å²) in [6, 6.07) is 0.416. The van der Waals surface area contributed by atoms with E-state index >= 15 is 0 Å². The van der Waals surface area contributed by atoms with Gasteiger partial charge >= 0.3 is 0 Å². The zero-order chi connectivity index (χ0) is 11.8. The van der Waals surface area contributed by atoms with Crippen LogP contribution >= 0.6 is 0 Å². The van der Waals surface area contributed by atoms with Gasteiger partial charge in [0.2, 0.25) is 0 Å². The van der Waals surface area contributed by atoms with Gasteiger partial charge in [-0.25, -0.2) is 9.97 Å². The van der Waals surface area contributed by atoms with Crippen molar-refractivity contribution in [3.05, 3.63) is 18.1 Å². The van der Waals surface area contributed by atoms with Crippen LogP contribution in [0.25, 0.3) is 11.0 Å². The lowest BCUT2D eigenvalue weighted by molar-refractivity contribution is 0.252. The Labute approximate surface area is 98.3 Å². The van der Waals surface area contributed by atoms with Crippen molar-refractivity contribution in [3.63, 3.8) is 0 Å². The molecule has 1 aliphatic heterocycles. The number of aromatic nitrogens is 3. The minimum atomic E-state index is 0.177. The number of fused-ring (bicyclic) bond motifs is 1. The van der Waals surface area contributed by atoms with Crippen LogP contribution in [-0.4, -0.2) is 32.7 Å². The predicted molar refractivity (Wildman–Crippen MR) is 64.3 cm³/mol. The average Bonchev–Trinajstić information content (AvgIpc) is 2.94. The lowest BCUT2D eigenvalue weighted by Crippen LogP contribution is -2.27. The highest BCUT2D eigenvalue weighted by atomic mass is 16.3. The first-order valence-electron chi connectivity index (χ1n) is 5.74. The van der Waals surface area contributed by atoms with Crippen LogP contribution < -0.4 is 11.1 Å². The molecule has 5 N–H and O–H groups in total. The highest BCUT2D eigenvalue weighted by Crippen LogP contribution is 2.31. The molecule has 1 aliphatic rings. The third-order valence-corrected chi connectivity index (χ3v) is 3.36. The number of aromatic amines is 1. The third kappa shape index (κ3) is 1.65. The van der Waals surface area contributed by atoms with E-state index < -0.39 is 0 Å². The number of hydrogen-bond donors (Lipinski definition) is 4. The second-order valence-electron chi connectivity index (χ2n) is 4.40. The van der Waals surface area contributed by atoms with Crippen molar-refractivity contribution in [2.45, 2.75) is 24.9 Å². The van der Waals surface area contributed by atoms with Gasteiger partial charge in [-0.1, -0.05) is 0 Å². The van der Waals surface area contributed by atoms with Crippen molar-refractivity contribution in [2.24, 2.45) is 0 Å². The van der Waals surface area contributed by atoms with Gasteiger partial charge in [0, 0.05) is 23.8 Å². The smallest absolute Gasteiger partial charge is 0.151 e. The van der Waals surface area contributed by atoms with E-state index in [1.807, 2.05) is 6.20 Å². The quantitative estimate of drug-likeness (QED) is 0.599. The third-order valence-electron chi connectivity index (χ3n) is 3.36. The van der Waals surface area contributed by atoms with Crippen LogP contribution in [0.5, 0.6) is 0 Å². The Morgan fingerprint density at radius 1 is 1.41 bits per heavy atom. The highest BCUT2D eigenvalue weighted by molar-refractivity contribution is 5.87. The maximum atomic E-state index is 9.12. The molecule has 3 heterocycles. The molecular weight excluding hydrogens is 218 g/mol. The monoisotopic (exact) mass is 233 g/mol. The molecule has 0 aromatic carbocycles. The van der Waals surface area contributed by atoms with Crippen LogP contribution in [0, 0.1) is 0 Å². The molecule has 3 rings (SSSR count).